The Morgan fingerprint density at radius 2 is 1.50 bits per heavy atom. The highest BCUT2D eigenvalue weighted by molar-refractivity contribution is 7.92. The van der Waals surface area contributed by atoms with E-state index in [9.17, 15) is 13.5 Å². The number of ether oxygens (including phenoxy) is 3. The van der Waals surface area contributed by atoms with E-state index in [2.05, 4.69) is 23.8 Å². The van der Waals surface area contributed by atoms with Crippen LogP contribution in [0.3, 0.4) is 0 Å². The van der Waals surface area contributed by atoms with E-state index in [1.807, 2.05) is 36.4 Å². The highest BCUT2D eigenvalue weighted by Crippen LogP contribution is 2.33. The van der Waals surface area contributed by atoms with Gasteiger partial charge < -0.3 is 19.3 Å². The van der Waals surface area contributed by atoms with Crippen LogP contribution in [0.15, 0.2) is 79.0 Å². The lowest BCUT2D eigenvalue weighted by atomic mass is 9.78. The van der Waals surface area contributed by atoms with E-state index in [4.69, 9.17) is 14.2 Å². The Bertz CT molecular complexity index is 1560. The van der Waals surface area contributed by atoms with Crippen LogP contribution < -0.4 is 18.5 Å². The summed E-state index contributed by atoms with van der Waals surface area (Å²) in [6.07, 6.45) is 2.62. The standard InChI is InChI=1S/C30H33N3O6S/c1-30(2,22-7-11-25(34)12-8-22)23-9-14-26(15-10-23)39-20-24-16-17-31-29(32-24)33(40(5,35)36)19-21-6-13-27(37-3)18-28(21)38-4/h6-18,34H,19-20H2,1-5H3. The third-order valence-corrected chi connectivity index (χ3v) is 7.78. The second kappa shape index (κ2) is 11.8. The lowest BCUT2D eigenvalue weighted by Gasteiger charge is -2.26. The smallest absolute Gasteiger partial charge is 0.239 e. The summed E-state index contributed by atoms with van der Waals surface area (Å²) in [5.41, 5.74) is 3.06. The molecular formula is C30H33N3O6S. The Morgan fingerprint density at radius 3 is 2.10 bits per heavy atom. The first-order valence-corrected chi connectivity index (χ1v) is 14.4. The number of rotatable bonds is 11. The first kappa shape index (κ1) is 28.7. The Morgan fingerprint density at radius 1 is 0.875 bits per heavy atom. The Balaban J connectivity index is 1.49. The summed E-state index contributed by atoms with van der Waals surface area (Å²) in [4.78, 5) is 8.69. The molecule has 0 amide bonds. The average molecular weight is 564 g/mol. The molecule has 0 saturated carbocycles. The molecule has 0 radical (unpaired) electrons. The number of anilines is 1. The van der Waals surface area contributed by atoms with Gasteiger partial charge >= 0.3 is 0 Å². The normalized spacial score (nSPS) is 11.6. The molecule has 0 unspecified atom stereocenters. The van der Waals surface area contributed by atoms with Gasteiger partial charge in [-0.1, -0.05) is 38.1 Å². The Kier molecular flexibility index (Phi) is 8.49. The molecule has 4 rings (SSSR count). The molecule has 1 N–H and O–H groups in total. The SMILES string of the molecule is COc1ccc(CN(c2nccc(COc3ccc(C(C)(C)c4ccc(O)cc4)cc3)n2)S(C)(=O)=O)c(OC)c1. The quantitative estimate of drug-likeness (QED) is 0.269. The fourth-order valence-corrected chi connectivity index (χ4v) is 4.99. The van der Waals surface area contributed by atoms with Gasteiger partial charge in [0.2, 0.25) is 16.0 Å². The molecule has 1 aromatic heterocycles. The summed E-state index contributed by atoms with van der Waals surface area (Å²) < 4.78 is 43.2. The molecule has 9 nitrogen and oxygen atoms in total. The van der Waals surface area contributed by atoms with Gasteiger partial charge in [-0.25, -0.2) is 22.7 Å². The summed E-state index contributed by atoms with van der Waals surface area (Å²) in [5.74, 6) is 2.00. The van der Waals surface area contributed by atoms with Crippen LogP contribution >= 0.6 is 0 Å². The Labute approximate surface area is 235 Å². The van der Waals surface area contributed by atoms with Gasteiger partial charge in [-0.2, -0.15) is 0 Å². The zero-order chi connectivity index (χ0) is 28.9. The van der Waals surface area contributed by atoms with E-state index in [0.29, 0.717) is 28.5 Å². The van der Waals surface area contributed by atoms with Crippen molar-refractivity contribution in [1.82, 2.24) is 9.97 Å². The van der Waals surface area contributed by atoms with Crippen molar-refractivity contribution in [2.45, 2.75) is 32.4 Å². The second-order valence-electron chi connectivity index (χ2n) is 9.78. The molecule has 210 valence electrons. The third-order valence-electron chi connectivity index (χ3n) is 6.68. The van der Waals surface area contributed by atoms with Gasteiger partial charge in [0.05, 0.1) is 32.7 Å². The predicted molar refractivity (Wildman–Crippen MR) is 154 cm³/mol. The van der Waals surface area contributed by atoms with Gasteiger partial charge in [0.25, 0.3) is 0 Å². The molecule has 0 aliphatic rings. The summed E-state index contributed by atoms with van der Waals surface area (Å²) in [7, 11) is -0.658. The molecule has 0 fully saturated rings. The van der Waals surface area contributed by atoms with Gasteiger partial charge in [-0.3, -0.25) is 0 Å². The molecule has 0 spiro atoms. The fourth-order valence-electron chi connectivity index (χ4n) is 4.23. The maximum absolute atomic E-state index is 12.7. The van der Waals surface area contributed by atoms with E-state index in [0.717, 1.165) is 21.7 Å². The highest BCUT2D eigenvalue weighted by atomic mass is 32.2. The molecule has 10 heteroatoms. The highest BCUT2D eigenvalue weighted by Gasteiger charge is 2.24. The number of phenols is 1. The summed E-state index contributed by atoms with van der Waals surface area (Å²) in [6, 6.07) is 21.8. The maximum Gasteiger partial charge on any atom is 0.239 e. The molecule has 0 aliphatic carbocycles. The molecule has 0 aliphatic heterocycles. The maximum atomic E-state index is 12.7. The van der Waals surface area contributed by atoms with Gasteiger partial charge in [0.1, 0.15) is 29.6 Å². The second-order valence-corrected chi connectivity index (χ2v) is 11.7. The van der Waals surface area contributed by atoms with Crippen LogP contribution in [-0.4, -0.2) is 44.0 Å². The zero-order valence-corrected chi connectivity index (χ0v) is 24.0. The van der Waals surface area contributed by atoms with E-state index in [1.165, 1.54) is 13.3 Å². The molecule has 4 aromatic rings. The van der Waals surface area contributed by atoms with Crippen molar-refractivity contribution in [1.29, 1.82) is 0 Å². The van der Waals surface area contributed by atoms with Crippen molar-refractivity contribution >= 4 is 16.0 Å². The molecule has 0 bridgehead atoms. The van der Waals surface area contributed by atoms with Crippen molar-refractivity contribution < 1.29 is 27.7 Å². The number of aromatic nitrogens is 2. The van der Waals surface area contributed by atoms with Crippen LogP contribution in [0.1, 0.15) is 36.2 Å². The summed E-state index contributed by atoms with van der Waals surface area (Å²) >= 11 is 0. The van der Waals surface area contributed by atoms with Gasteiger partial charge in [0.15, 0.2) is 0 Å². The average Bonchev–Trinajstić information content (AvgIpc) is 2.94. The summed E-state index contributed by atoms with van der Waals surface area (Å²) in [5, 5.41) is 9.61. The van der Waals surface area contributed by atoms with E-state index in [1.54, 1.807) is 43.5 Å². The number of nitrogens with zero attached hydrogens (tertiary/aromatic N) is 3. The van der Waals surface area contributed by atoms with E-state index < -0.39 is 10.0 Å². The topological polar surface area (TPSA) is 111 Å². The van der Waals surface area contributed by atoms with Gasteiger partial charge in [0, 0.05) is 23.2 Å². The molecule has 0 atom stereocenters. The lowest BCUT2D eigenvalue weighted by molar-refractivity contribution is 0.301. The van der Waals surface area contributed by atoms with E-state index >= 15 is 0 Å². The first-order chi connectivity index (χ1) is 19.0. The lowest BCUT2D eigenvalue weighted by Crippen LogP contribution is -2.31. The third kappa shape index (κ3) is 6.63. The van der Waals surface area contributed by atoms with Crippen molar-refractivity contribution in [3.8, 4) is 23.0 Å². The van der Waals surface area contributed by atoms with Crippen LogP contribution in [0.4, 0.5) is 5.95 Å². The molecular weight excluding hydrogens is 530 g/mol. The van der Waals surface area contributed by atoms with Crippen molar-refractivity contribution in [2.75, 3.05) is 24.8 Å². The van der Waals surface area contributed by atoms with Crippen LogP contribution in [0.25, 0.3) is 0 Å². The number of hydrogen-bond donors (Lipinski definition) is 1. The molecule has 40 heavy (non-hydrogen) atoms. The van der Waals surface area contributed by atoms with Gasteiger partial charge in [-0.15, -0.1) is 0 Å². The van der Waals surface area contributed by atoms with Crippen LogP contribution in [0, 0.1) is 0 Å². The van der Waals surface area contributed by atoms with Crippen LogP contribution in [0.2, 0.25) is 0 Å². The monoisotopic (exact) mass is 563 g/mol. The number of methoxy groups -OCH3 is 2. The number of benzene rings is 3. The number of phenolic OH excluding ortho intramolecular Hbond substituents is 1. The fraction of sp³-hybridized carbons (Fsp3) is 0.267. The van der Waals surface area contributed by atoms with Crippen molar-refractivity contribution in [3.63, 3.8) is 0 Å². The zero-order valence-electron chi connectivity index (χ0n) is 23.2. The molecule has 3 aromatic carbocycles. The predicted octanol–water partition coefficient (Wildman–Crippen LogP) is 5.07. The minimum absolute atomic E-state index is 0.0193. The van der Waals surface area contributed by atoms with Crippen LogP contribution in [-0.2, 0) is 28.6 Å². The number of sulfonamides is 1. The van der Waals surface area contributed by atoms with E-state index in [-0.39, 0.29) is 30.3 Å². The minimum atomic E-state index is -3.72. The van der Waals surface area contributed by atoms with Crippen molar-refractivity contribution in [2.24, 2.45) is 0 Å². The number of aromatic hydroxyl groups is 1. The minimum Gasteiger partial charge on any atom is -0.508 e. The first-order valence-electron chi connectivity index (χ1n) is 12.5. The Hall–Kier alpha value is -4.31. The van der Waals surface area contributed by atoms with Gasteiger partial charge in [-0.05, 0) is 53.6 Å². The molecule has 0 saturated heterocycles. The largest absolute Gasteiger partial charge is 0.508 e. The summed E-state index contributed by atoms with van der Waals surface area (Å²) in [6.45, 7) is 4.34. The van der Waals surface area contributed by atoms with Crippen LogP contribution in [0.5, 0.6) is 23.0 Å². The molecule has 1 heterocycles. The van der Waals surface area contributed by atoms with Crippen molar-refractivity contribution in [3.05, 3.63) is 101 Å². The number of hydrogen-bond acceptors (Lipinski definition) is 8.